The third-order valence-electron chi connectivity index (χ3n) is 5.18. The number of anilines is 1. The van der Waals surface area contributed by atoms with Crippen LogP contribution >= 0.6 is 12.2 Å². The normalized spacial score (nSPS) is 14.8. The molecule has 1 aliphatic rings. The van der Waals surface area contributed by atoms with Crippen LogP contribution in [0, 0.1) is 0 Å². The average molecular weight is 463 g/mol. The van der Waals surface area contributed by atoms with Crippen molar-refractivity contribution in [2.24, 2.45) is 0 Å². The zero-order valence-electron chi connectivity index (χ0n) is 18.8. The van der Waals surface area contributed by atoms with Gasteiger partial charge in [-0.05, 0) is 67.0 Å². The zero-order valence-corrected chi connectivity index (χ0v) is 19.6. The molecule has 170 valence electrons. The highest BCUT2D eigenvalue weighted by Gasteiger charge is 2.34. The molecule has 0 bridgehead atoms. The Hall–Kier alpha value is -3.58. The number of benzene rings is 2. The molecule has 1 fully saturated rings. The second-order valence-corrected chi connectivity index (χ2v) is 8.23. The van der Waals surface area contributed by atoms with E-state index in [1.165, 1.54) is 10.5 Å². The van der Waals surface area contributed by atoms with Crippen LogP contribution in [-0.2, 0) is 11.4 Å². The molecule has 3 aromatic rings. The van der Waals surface area contributed by atoms with Crippen LogP contribution in [0.25, 0.3) is 6.08 Å². The number of para-hydroxylation sites is 2. The highest BCUT2D eigenvalue weighted by Crippen LogP contribution is 2.31. The van der Waals surface area contributed by atoms with E-state index in [-0.39, 0.29) is 12.5 Å². The number of rotatable bonds is 8. The first-order valence-corrected chi connectivity index (χ1v) is 11.3. The standard InChI is InChI=1S/C26H26N2O4S/c1-4-30-24-8-6-5-7-23(24)28-25(29)22(27-26(28)33)15-20-13-14-21(32-20)16-31-19-11-9-18(10-12-19)17(2)3/h5-15,17H,4,16H2,1-3H3,(H,27,33)/b22-15+. The number of thiocarbonyl (C=S) groups is 1. The second kappa shape index (κ2) is 9.92. The van der Waals surface area contributed by atoms with Crippen molar-refractivity contribution < 1.29 is 18.7 Å². The van der Waals surface area contributed by atoms with Crippen LogP contribution in [0.5, 0.6) is 11.5 Å². The molecule has 0 spiro atoms. The van der Waals surface area contributed by atoms with Gasteiger partial charge in [0.25, 0.3) is 5.91 Å². The van der Waals surface area contributed by atoms with Crippen LogP contribution in [-0.4, -0.2) is 17.6 Å². The van der Waals surface area contributed by atoms with E-state index >= 15 is 0 Å². The van der Waals surface area contributed by atoms with Gasteiger partial charge in [0, 0.05) is 6.08 Å². The van der Waals surface area contributed by atoms with Crippen molar-refractivity contribution >= 4 is 35.0 Å². The third kappa shape index (κ3) is 5.09. The molecule has 1 N–H and O–H groups in total. The Balaban J connectivity index is 1.45. The van der Waals surface area contributed by atoms with Crippen molar-refractivity contribution in [3.8, 4) is 11.5 Å². The predicted molar refractivity (Wildman–Crippen MR) is 132 cm³/mol. The molecule has 0 atom stereocenters. The van der Waals surface area contributed by atoms with Gasteiger partial charge in [0.15, 0.2) is 5.11 Å². The second-order valence-electron chi connectivity index (χ2n) is 7.85. The summed E-state index contributed by atoms with van der Waals surface area (Å²) >= 11 is 5.41. The Kier molecular flexibility index (Phi) is 6.79. The zero-order chi connectivity index (χ0) is 23.4. The van der Waals surface area contributed by atoms with Crippen LogP contribution in [0.3, 0.4) is 0 Å². The Bertz CT molecular complexity index is 1180. The van der Waals surface area contributed by atoms with Crippen LogP contribution in [0.2, 0.25) is 0 Å². The lowest BCUT2D eigenvalue weighted by Gasteiger charge is -2.17. The van der Waals surface area contributed by atoms with Gasteiger partial charge in [-0.3, -0.25) is 4.79 Å². The fraction of sp³-hybridized carbons (Fsp3) is 0.231. The lowest BCUT2D eigenvalue weighted by Crippen LogP contribution is -2.30. The van der Waals surface area contributed by atoms with Gasteiger partial charge >= 0.3 is 0 Å². The molecule has 6 nitrogen and oxygen atoms in total. The van der Waals surface area contributed by atoms with Crippen molar-refractivity contribution in [2.45, 2.75) is 33.3 Å². The van der Waals surface area contributed by atoms with E-state index in [0.717, 1.165) is 5.75 Å². The summed E-state index contributed by atoms with van der Waals surface area (Å²) in [4.78, 5) is 14.5. The number of carbonyl (C=O) groups excluding carboxylic acids is 1. The number of nitrogens with zero attached hydrogens (tertiary/aromatic N) is 1. The molecule has 0 unspecified atom stereocenters. The quantitative estimate of drug-likeness (QED) is 0.345. The fourth-order valence-electron chi connectivity index (χ4n) is 3.47. The van der Waals surface area contributed by atoms with Gasteiger partial charge in [0.2, 0.25) is 0 Å². The molecule has 0 saturated carbocycles. The minimum Gasteiger partial charge on any atom is -0.492 e. The Labute approximate surface area is 198 Å². The molecule has 2 aromatic carbocycles. The summed E-state index contributed by atoms with van der Waals surface area (Å²) in [5.41, 5.74) is 2.19. The average Bonchev–Trinajstić information content (AvgIpc) is 3.37. The van der Waals surface area contributed by atoms with Crippen LogP contribution in [0.1, 0.15) is 43.8 Å². The van der Waals surface area contributed by atoms with E-state index in [1.54, 1.807) is 18.2 Å². The summed E-state index contributed by atoms with van der Waals surface area (Å²) in [6, 6.07) is 19.0. The molecular weight excluding hydrogens is 436 g/mol. The third-order valence-corrected chi connectivity index (χ3v) is 5.47. The van der Waals surface area contributed by atoms with E-state index < -0.39 is 0 Å². The van der Waals surface area contributed by atoms with Crippen molar-refractivity contribution in [3.05, 3.63) is 83.4 Å². The van der Waals surface area contributed by atoms with Crippen molar-refractivity contribution in [1.29, 1.82) is 0 Å². The minimum atomic E-state index is -0.272. The lowest BCUT2D eigenvalue weighted by atomic mass is 10.0. The van der Waals surface area contributed by atoms with Gasteiger partial charge in [-0.2, -0.15) is 0 Å². The number of furan rings is 1. The summed E-state index contributed by atoms with van der Waals surface area (Å²) in [6.07, 6.45) is 1.64. The number of hydrogen-bond donors (Lipinski definition) is 1. The predicted octanol–water partition coefficient (Wildman–Crippen LogP) is 5.64. The number of carbonyl (C=O) groups is 1. The van der Waals surface area contributed by atoms with Gasteiger partial charge in [-0.15, -0.1) is 0 Å². The van der Waals surface area contributed by atoms with E-state index in [9.17, 15) is 4.79 Å². The number of nitrogens with one attached hydrogen (secondary N) is 1. The van der Waals surface area contributed by atoms with Gasteiger partial charge in [-0.1, -0.05) is 38.1 Å². The highest BCUT2D eigenvalue weighted by molar-refractivity contribution is 7.80. The van der Waals surface area contributed by atoms with E-state index in [4.69, 9.17) is 26.1 Å². The van der Waals surface area contributed by atoms with Gasteiger partial charge in [0.05, 0.1) is 12.3 Å². The maximum atomic E-state index is 13.1. The molecule has 1 aliphatic heterocycles. The maximum Gasteiger partial charge on any atom is 0.281 e. The van der Waals surface area contributed by atoms with Crippen LogP contribution < -0.4 is 19.7 Å². The van der Waals surface area contributed by atoms with Crippen molar-refractivity contribution in [3.63, 3.8) is 0 Å². The Morgan fingerprint density at radius 1 is 1.06 bits per heavy atom. The molecule has 1 amide bonds. The molecule has 0 radical (unpaired) electrons. The number of hydrogen-bond acceptors (Lipinski definition) is 5. The molecular formula is C26H26N2O4S. The maximum absolute atomic E-state index is 13.1. The van der Waals surface area contributed by atoms with Gasteiger partial charge in [-0.25, -0.2) is 4.90 Å². The smallest absolute Gasteiger partial charge is 0.281 e. The summed E-state index contributed by atoms with van der Waals surface area (Å²) in [5.74, 6) is 2.76. The fourth-order valence-corrected chi connectivity index (χ4v) is 3.76. The monoisotopic (exact) mass is 462 g/mol. The first-order valence-electron chi connectivity index (χ1n) is 10.9. The van der Waals surface area contributed by atoms with Gasteiger partial charge in [0.1, 0.15) is 35.3 Å². The number of amides is 1. The first-order chi connectivity index (χ1) is 16.0. The lowest BCUT2D eigenvalue weighted by molar-refractivity contribution is -0.113. The van der Waals surface area contributed by atoms with Crippen molar-refractivity contribution in [1.82, 2.24) is 5.32 Å². The minimum absolute atomic E-state index is 0.272. The topological polar surface area (TPSA) is 63.9 Å². The molecule has 33 heavy (non-hydrogen) atoms. The molecule has 1 saturated heterocycles. The molecule has 7 heteroatoms. The van der Waals surface area contributed by atoms with E-state index in [1.807, 2.05) is 43.3 Å². The summed E-state index contributed by atoms with van der Waals surface area (Å²) < 4.78 is 17.3. The summed E-state index contributed by atoms with van der Waals surface area (Å²) in [5, 5.41) is 3.26. The number of ether oxygens (including phenoxy) is 2. The Morgan fingerprint density at radius 3 is 2.55 bits per heavy atom. The summed E-state index contributed by atoms with van der Waals surface area (Å²) in [6.45, 7) is 6.98. The van der Waals surface area contributed by atoms with Crippen molar-refractivity contribution in [2.75, 3.05) is 11.5 Å². The van der Waals surface area contributed by atoms with E-state index in [2.05, 4.69) is 31.3 Å². The van der Waals surface area contributed by atoms with Gasteiger partial charge < -0.3 is 19.2 Å². The molecule has 0 aliphatic carbocycles. The molecule has 1 aromatic heterocycles. The molecule has 4 rings (SSSR count). The Morgan fingerprint density at radius 2 is 1.82 bits per heavy atom. The highest BCUT2D eigenvalue weighted by atomic mass is 32.1. The van der Waals surface area contributed by atoms with Crippen LogP contribution in [0.4, 0.5) is 5.69 Å². The first kappa shape index (κ1) is 22.6. The van der Waals surface area contributed by atoms with E-state index in [0.29, 0.717) is 46.3 Å². The van der Waals surface area contributed by atoms with Crippen LogP contribution in [0.15, 0.2) is 70.8 Å². The SMILES string of the molecule is CCOc1ccccc1N1C(=O)/C(=C\c2ccc(COc3ccc(C(C)C)cc3)o2)NC1=S. The largest absolute Gasteiger partial charge is 0.492 e. The summed E-state index contributed by atoms with van der Waals surface area (Å²) in [7, 11) is 0. The molecule has 2 heterocycles.